The SMILES string of the molecule is COC(=O)c1ccccc1C(C)(C)COP(O)O. The first-order chi connectivity index (χ1) is 8.38. The van der Waals surface area contributed by atoms with Crippen molar-refractivity contribution in [2.24, 2.45) is 0 Å². The number of esters is 1. The Labute approximate surface area is 107 Å². The summed E-state index contributed by atoms with van der Waals surface area (Å²) in [5.41, 5.74) is 0.666. The molecule has 0 heterocycles. The highest BCUT2D eigenvalue weighted by Crippen LogP contribution is 2.33. The lowest BCUT2D eigenvalue weighted by Crippen LogP contribution is -2.26. The van der Waals surface area contributed by atoms with Crippen molar-refractivity contribution in [3.8, 4) is 0 Å². The number of benzene rings is 1. The third kappa shape index (κ3) is 3.75. The molecule has 0 aliphatic carbocycles. The van der Waals surface area contributed by atoms with E-state index in [1.807, 2.05) is 19.9 Å². The van der Waals surface area contributed by atoms with Gasteiger partial charge < -0.3 is 19.0 Å². The highest BCUT2D eigenvalue weighted by atomic mass is 31.2. The molecular weight excluding hydrogens is 255 g/mol. The van der Waals surface area contributed by atoms with Crippen molar-refractivity contribution in [3.63, 3.8) is 0 Å². The zero-order chi connectivity index (χ0) is 13.8. The molecule has 0 amide bonds. The van der Waals surface area contributed by atoms with Gasteiger partial charge in [0.25, 0.3) is 0 Å². The zero-order valence-electron chi connectivity index (χ0n) is 10.6. The Morgan fingerprint density at radius 2 is 1.94 bits per heavy atom. The van der Waals surface area contributed by atoms with Crippen LogP contribution in [0, 0.1) is 0 Å². The van der Waals surface area contributed by atoms with Gasteiger partial charge in [0.2, 0.25) is 0 Å². The predicted molar refractivity (Wildman–Crippen MR) is 68.1 cm³/mol. The Hall–Kier alpha value is -1.00. The van der Waals surface area contributed by atoms with Crippen molar-refractivity contribution in [2.75, 3.05) is 13.7 Å². The largest absolute Gasteiger partial charge is 0.465 e. The summed E-state index contributed by atoms with van der Waals surface area (Å²) >= 11 is 0. The van der Waals surface area contributed by atoms with Gasteiger partial charge in [-0.2, -0.15) is 0 Å². The van der Waals surface area contributed by atoms with Crippen LogP contribution in [0.15, 0.2) is 24.3 Å². The van der Waals surface area contributed by atoms with E-state index in [-0.39, 0.29) is 6.61 Å². The molecule has 0 unspecified atom stereocenters. The first-order valence-corrected chi connectivity index (χ1v) is 6.53. The summed E-state index contributed by atoms with van der Waals surface area (Å²) in [4.78, 5) is 29.2. The number of carbonyl (C=O) groups excluding carboxylic acids is 1. The topological polar surface area (TPSA) is 76.0 Å². The quantitative estimate of drug-likeness (QED) is 0.633. The number of carbonyl (C=O) groups is 1. The molecule has 0 radical (unpaired) electrons. The molecule has 1 aromatic carbocycles. The van der Waals surface area contributed by atoms with Crippen molar-refractivity contribution in [1.29, 1.82) is 0 Å². The van der Waals surface area contributed by atoms with Crippen molar-refractivity contribution in [3.05, 3.63) is 35.4 Å². The fraction of sp³-hybridized carbons (Fsp3) is 0.417. The highest BCUT2D eigenvalue weighted by molar-refractivity contribution is 7.39. The molecule has 0 saturated carbocycles. The van der Waals surface area contributed by atoms with E-state index in [0.29, 0.717) is 5.56 Å². The lowest BCUT2D eigenvalue weighted by atomic mass is 9.82. The Balaban J connectivity index is 3.03. The summed E-state index contributed by atoms with van der Waals surface area (Å²) in [6.45, 7) is 3.81. The van der Waals surface area contributed by atoms with Crippen molar-refractivity contribution < 1.29 is 23.8 Å². The van der Waals surface area contributed by atoms with Gasteiger partial charge in [-0.15, -0.1) is 0 Å². The molecule has 18 heavy (non-hydrogen) atoms. The smallest absolute Gasteiger partial charge is 0.338 e. The number of ether oxygens (including phenoxy) is 1. The van der Waals surface area contributed by atoms with E-state index in [0.717, 1.165) is 5.56 Å². The third-order valence-corrected chi connectivity index (χ3v) is 2.96. The van der Waals surface area contributed by atoms with E-state index in [2.05, 4.69) is 0 Å². The molecule has 0 fully saturated rings. The highest BCUT2D eigenvalue weighted by Gasteiger charge is 2.27. The van der Waals surface area contributed by atoms with Crippen LogP contribution in [0.2, 0.25) is 0 Å². The predicted octanol–water partition coefficient (Wildman–Crippen LogP) is 1.98. The molecule has 0 aromatic heterocycles. The van der Waals surface area contributed by atoms with E-state index in [1.165, 1.54) is 7.11 Å². The minimum Gasteiger partial charge on any atom is -0.465 e. The summed E-state index contributed by atoms with van der Waals surface area (Å²) in [5, 5.41) is 0. The van der Waals surface area contributed by atoms with Crippen molar-refractivity contribution in [1.82, 2.24) is 0 Å². The molecule has 0 atom stereocenters. The van der Waals surface area contributed by atoms with Gasteiger partial charge >= 0.3 is 14.6 Å². The normalized spacial score (nSPS) is 11.7. The molecule has 100 valence electrons. The number of hydrogen-bond donors (Lipinski definition) is 2. The van der Waals surface area contributed by atoms with Gasteiger partial charge in [0, 0.05) is 5.41 Å². The number of methoxy groups -OCH3 is 1. The summed E-state index contributed by atoms with van der Waals surface area (Å²) in [5.74, 6) is -0.422. The van der Waals surface area contributed by atoms with Gasteiger partial charge in [-0.25, -0.2) is 4.79 Å². The van der Waals surface area contributed by atoms with Crippen LogP contribution in [0.1, 0.15) is 29.8 Å². The minimum absolute atomic E-state index is 0.0969. The molecule has 0 saturated heterocycles. The zero-order valence-corrected chi connectivity index (χ0v) is 11.5. The van der Waals surface area contributed by atoms with E-state index in [9.17, 15) is 4.79 Å². The summed E-state index contributed by atoms with van der Waals surface area (Å²) < 4.78 is 9.58. The van der Waals surface area contributed by atoms with Gasteiger partial charge in [-0.1, -0.05) is 32.0 Å². The standard InChI is InChI=1S/C12H17O5P/c1-12(2,8-17-18(14)15)10-7-5-4-6-9(10)11(13)16-3/h4-7,14-15H,8H2,1-3H3. The fourth-order valence-electron chi connectivity index (χ4n) is 1.66. The molecule has 6 heteroatoms. The fourth-order valence-corrected chi connectivity index (χ4v) is 2.10. The Bertz CT molecular complexity index is 417. The molecule has 0 spiro atoms. The summed E-state index contributed by atoms with van der Waals surface area (Å²) in [6.07, 6.45) is 0. The van der Waals surface area contributed by atoms with E-state index in [4.69, 9.17) is 19.0 Å². The summed E-state index contributed by atoms with van der Waals surface area (Å²) in [6, 6.07) is 7.03. The van der Waals surface area contributed by atoms with E-state index in [1.54, 1.807) is 18.2 Å². The second-order valence-electron chi connectivity index (χ2n) is 4.45. The van der Waals surface area contributed by atoms with E-state index >= 15 is 0 Å². The van der Waals surface area contributed by atoms with Crippen LogP contribution in [-0.2, 0) is 14.7 Å². The number of hydrogen-bond acceptors (Lipinski definition) is 5. The van der Waals surface area contributed by atoms with Crippen LogP contribution in [0.3, 0.4) is 0 Å². The first kappa shape index (κ1) is 15.1. The minimum atomic E-state index is -2.40. The maximum absolute atomic E-state index is 11.7. The molecule has 0 bridgehead atoms. The van der Waals surface area contributed by atoms with Crippen LogP contribution >= 0.6 is 8.60 Å². The molecule has 0 aliphatic heterocycles. The second-order valence-corrected chi connectivity index (χ2v) is 5.21. The third-order valence-electron chi connectivity index (χ3n) is 2.60. The van der Waals surface area contributed by atoms with Crippen LogP contribution in [-0.4, -0.2) is 29.5 Å². The van der Waals surface area contributed by atoms with Gasteiger partial charge in [-0.3, -0.25) is 0 Å². The van der Waals surface area contributed by atoms with Crippen molar-refractivity contribution >= 4 is 14.6 Å². The number of rotatable bonds is 5. The van der Waals surface area contributed by atoms with Gasteiger partial charge in [0.15, 0.2) is 0 Å². The lowest BCUT2D eigenvalue weighted by Gasteiger charge is -2.26. The lowest BCUT2D eigenvalue weighted by molar-refractivity contribution is 0.0597. The van der Waals surface area contributed by atoms with Gasteiger partial charge in [0.05, 0.1) is 19.3 Å². The van der Waals surface area contributed by atoms with Crippen LogP contribution in [0.5, 0.6) is 0 Å². The Morgan fingerprint density at radius 1 is 1.33 bits per heavy atom. The van der Waals surface area contributed by atoms with Crippen LogP contribution < -0.4 is 0 Å². The maximum Gasteiger partial charge on any atom is 0.338 e. The van der Waals surface area contributed by atoms with Crippen LogP contribution in [0.25, 0.3) is 0 Å². The average molecular weight is 272 g/mol. The Kier molecular flexibility index (Phi) is 5.23. The van der Waals surface area contributed by atoms with Crippen molar-refractivity contribution in [2.45, 2.75) is 19.3 Å². The molecular formula is C12H17O5P. The first-order valence-electron chi connectivity index (χ1n) is 5.37. The van der Waals surface area contributed by atoms with Crippen LogP contribution in [0.4, 0.5) is 0 Å². The monoisotopic (exact) mass is 272 g/mol. The van der Waals surface area contributed by atoms with E-state index < -0.39 is 20.0 Å². The second kappa shape index (κ2) is 6.25. The Morgan fingerprint density at radius 3 is 2.50 bits per heavy atom. The summed E-state index contributed by atoms with van der Waals surface area (Å²) in [7, 11) is -1.08. The molecule has 5 nitrogen and oxygen atoms in total. The van der Waals surface area contributed by atoms with Gasteiger partial charge in [-0.05, 0) is 11.6 Å². The molecule has 1 rings (SSSR count). The maximum atomic E-state index is 11.7. The average Bonchev–Trinajstić information content (AvgIpc) is 2.35. The molecule has 2 N–H and O–H groups in total. The molecule has 1 aromatic rings. The molecule has 0 aliphatic rings. The van der Waals surface area contributed by atoms with Gasteiger partial charge in [0.1, 0.15) is 0 Å².